The molecule has 0 aromatic heterocycles. The number of phenols is 1. The number of phenolic OH excluding ortho intramolecular Hbond substituents is 1. The Balaban J connectivity index is 1.58. The number of carbonyl (C=O) groups is 2. The number of rotatable bonds is 2. The van der Waals surface area contributed by atoms with Gasteiger partial charge in [-0.05, 0) is 49.0 Å². The second-order valence-electron chi connectivity index (χ2n) is 6.26. The van der Waals surface area contributed by atoms with Crippen molar-refractivity contribution in [2.24, 2.45) is 0 Å². The fourth-order valence-corrected chi connectivity index (χ4v) is 3.11. The fourth-order valence-electron chi connectivity index (χ4n) is 3.11. The normalized spacial score (nSPS) is 21.5. The Bertz CT molecular complexity index is 639. The summed E-state index contributed by atoms with van der Waals surface area (Å²) in [6, 6.07) is 6.49. The van der Waals surface area contributed by atoms with Gasteiger partial charge < -0.3 is 20.6 Å². The zero-order valence-corrected chi connectivity index (χ0v) is 13.6. The van der Waals surface area contributed by atoms with Gasteiger partial charge in [-0.15, -0.1) is 0 Å². The summed E-state index contributed by atoms with van der Waals surface area (Å²) in [6.45, 7) is 1.83. The first kappa shape index (κ1) is 16.4. The maximum Gasteiger partial charge on any atom is 0.318 e. The molecule has 0 aliphatic carbocycles. The number of benzene rings is 1. The van der Waals surface area contributed by atoms with Crippen molar-refractivity contribution in [3.05, 3.63) is 35.9 Å². The lowest BCUT2D eigenvalue weighted by atomic mass is 9.99. The molecule has 3 N–H and O–H groups in total. The summed E-state index contributed by atoms with van der Waals surface area (Å²) in [5, 5.41) is 15.0. The molecule has 1 aromatic rings. The highest BCUT2D eigenvalue weighted by Crippen LogP contribution is 2.24. The molecule has 0 radical (unpaired) electrons. The minimum absolute atomic E-state index is 0.0850. The zero-order valence-electron chi connectivity index (χ0n) is 13.6. The molecule has 1 saturated heterocycles. The Labute approximate surface area is 141 Å². The van der Waals surface area contributed by atoms with Gasteiger partial charge in [0, 0.05) is 19.6 Å². The molecule has 24 heavy (non-hydrogen) atoms. The van der Waals surface area contributed by atoms with E-state index in [9.17, 15) is 14.7 Å². The highest BCUT2D eigenvalue weighted by Gasteiger charge is 2.25. The molecule has 0 unspecified atom stereocenters. The monoisotopic (exact) mass is 329 g/mol. The third kappa shape index (κ3) is 3.88. The van der Waals surface area contributed by atoms with Crippen LogP contribution < -0.4 is 10.6 Å². The summed E-state index contributed by atoms with van der Waals surface area (Å²) in [5.41, 5.74) is 2.24. The van der Waals surface area contributed by atoms with E-state index in [0.717, 1.165) is 24.8 Å². The van der Waals surface area contributed by atoms with Crippen LogP contribution in [0.1, 0.15) is 31.2 Å². The summed E-state index contributed by atoms with van der Waals surface area (Å²) >= 11 is 0. The molecule has 2 aliphatic heterocycles. The van der Waals surface area contributed by atoms with Crippen LogP contribution in [0.25, 0.3) is 5.57 Å². The van der Waals surface area contributed by atoms with Gasteiger partial charge in [0.2, 0.25) is 5.91 Å². The third-order valence-corrected chi connectivity index (χ3v) is 4.57. The number of urea groups is 1. The number of nitrogens with one attached hydrogen (secondary N) is 2. The Morgan fingerprint density at radius 2 is 2.04 bits per heavy atom. The van der Waals surface area contributed by atoms with Crippen LogP contribution in [0.2, 0.25) is 0 Å². The van der Waals surface area contributed by atoms with E-state index in [2.05, 4.69) is 10.6 Å². The van der Waals surface area contributed by atoms with Crippen LogP contribution in [0, 0.1) is 0 Å². The van der Waals surface area contributed by atoms with E-state index in [1.807, 2.05) is 18.2 Å². The number of nitrogens with zero attached hydrogens (tertiary/aromatic N) is 1. The van der Waals surface area contributed by atoms with Gasteiger partial charge in [-0.2, -0.15) is 0 Å². The summed E-state index contributed by atoms with van der Waals surface area (Å²) in [4.78, 5) is 26.0. The molecule has 1 atom stereocenters. The van der Waals surface area contributed by atoms with Crippen LogP contribution in [0.15, 0.2) is 30.3 Å². The largest absolute Gasteiger partial charge is 0.508 e. The standard InChI is InChI=1S/C18H23N3O3/c22-15-6-4-13(5-7-15)14-8-11-21(12-9-14)18(24)20-16-3-1-2-10-19-17(16)23/h4-8,16,22H,1-3,9-12H2,(H,19,23)(H,20,24)/t16-/m1/s1. The molecule has 128 valence electrons. The van der Waals surface area contributed by atoms with Crippen LogP contribution in [0.4, 0.5) is 4.79 Å². The molecule has 1 aromatic carbocycles. The lowest BCUT2D eigenvalue weighted by molar-refractivity contribution is -0.122. The van der Waals surface area contributed by atoms with Gasteiger partial charge in [-0.1, -0.05) is 18.2 Å². The first-order valence-electron chi connectivity index (χ1n) is 8.45. The minimum atomic E-state index is -0.428. The second-order valence-corrected chi connectivity index (χ2v) is 6.26. The molecular weight excluding hydrogens is 306 g/mol. The Morgan fingerprint density at radius 3 is 2.75 bits per heavy atom. The molecule has 3 rings (SSSR count). The van der Waals surface area contributed by atoms with Crippen molar-refractivity contribution in [2.75, 3.05) is 19.6 Å². The second kappa shape index (κ2) is 7.38. The topological polar surface area (TPSA) is 81.7 Å². The van der Waals surface area contributed by atoms with E-state index in [1.54, 1.807) is 17.0 Å². The molecule has 1 fully saturated rings. The van der Waals surface area contributed by atoms with Crippen molar-refractivity contribution in [1.29, 1.82) is 0 Å². The molecule has 6 heteroatoms. The van der Waals surface area contributed by atoms with E-state index in [-0.39, 0.29) is 17.7 Å². The first-order valence-corrected chi connectivity index (χ1v) is 8.45. The number of amides is 3. The quantitative estimate of drug-likeness (QED) is 0.774. The SMILES string of the molecule is O=C1NCCCC[C@H]1NC(=O)N1CC=C(c2ccc(O)cc2)CC1. The molecule has 0 bridgehead atoms. The molecule has 3 amide bonds. The van der Waals surface area contributed by atoms with Crippen molar-refractivity contribution in [1.82, 2.24) is 15.5 Å². The maximum atomic E-state index is 12.4. The van der Waals surface area contributed by atoms with Gasteiger partial charge in [0.1, 0.15) is 11.8 Å². The van der Waals surface area contributed by atoms with E-state index < -0.39 is 6.04 Å². The van der Waals surface area contributed by atoms with Crippen LogP contribution in [0.5, 0.6) is 5.75 Å². The third-order valence-electron chi connectivity index (χ3n) is 4.57. The zero-order chi connectivity index (χ0) is 16.9. The van der Waals surface area contributed by atoms with Gasteiger partial charge >= 0.3 is 6.03 Å². The fraction of sp³-hybridized carbons (Fsp3) is 0.444. The molecule has 6 nitrogen and oxygen atoms in total. The number of aromatic hydroxyl groups is 1. The van der Waals surface area contributed by atoms with Crippen LogP contribution >= 0.6 is 0 Å². The summed E-state index contributed by atoms with van der Waals surface area (Å²) in [7, 11) is 0. The number of hydrogen-bond donors (Lipinski definition) is 3. The van der Waals surface area contributed by atoms with Gasteiger partial charge in [-0.25, -0.2) is 4.79 Å². The summed E-state index contributed by atoms with van der Waals surface area (Å²) in [6.07, 6.45) is 5.38. The first-order chi connectivity index (χ1) is 11.6. The lowest BCUT2D eigenvalue weighted by Gasteiger charge is -2.28. The number of hydrogen-bond acceptors (Lipinski definition) is 3. The van der Waals surface area contributed by atoms with Crippen LogP contribution in [-0.4, -0.2) is 47.6 Å². The van der Waals surface area contributed by atoms with Crippen molar-refractivity contribution in [3.63, 3.8) is 0 Å². The van der Waals surface area contributed by atoms with Crippen molar-refractivity contribution in [2.45, 2.75) is 31.7 Å². The highest BCUT2D eigenvalue weighted by atomic mass is 16.3. The van der Waals surface area contributed by atoms with E-state index in [4.69, 9.17) is 0 Å². The van der Waals surface area contributed by atoms with Crippen molar-refractivity contribution in [3.8, 4) is 5.75 Å². The molecule has 2 heterocycles. The Morgan fingerprint density at radius 1 is 1.25 bits per heavy atom. The average molecular weight is 329 g/mol. The molecule has 0 saturated carbocycles. The highest BCUT2D eigenvalue weighted by molar-refractivity contribution is 5.87. The van der Waals surface area contributed by atoms with Gasteiger partial charge in [0.05, 0.1) is 0 Å². The summed E-state index contributed by atoms with van der Waals surface area (Å²) in [5.74, 6) is 0.163. The predicted molar refractivity (Wildman–Crippen MR) is 91.5 cm³/mol. The van der Waals surface area contributed by atoms with E-state index in [0.29, 0.717) is 26.1 Å². The van der Waals surface area contributed by atoms with Crippen molar-refractivity contribution >= 4 is 17.5 Å². The Kier molecular flexibility index (Phi) is 5.03. The number of carbonyl (C=O) groups excluding carboxylic acids is 2. The van der Waals surface area contributed by atoms with Gasteiger partial charge in [0.15, 0.2) is 0 Å². The van der Waals surface area contributed by atoms with Crippen LogP contribution in [-0.2, 0) is 4.79 Å². The van der Waals surface area contributed by atoms with Gasteiger partial charge in [-0.3, -0.25) is 4.79 Å². The van der Waals surface area contributed by atoms with Crippen LogP contribution in [0.3, 0.4) is 0 Å². The lowest BCUT2D eigenvalue weighted by Crippen LogP contribution is -2.51. The van der Waals surface area contributed by atoms with Crippen molar-refractivity contribution < 1.29 is 14.7 Å². The molecule has 2 aliphatic rings. The molecule has 0 spiro atoms. The average Bonchev–Trinajstić information content (AvgIpc) is 2.80. The Hall–Kier alpha value is -2.50. The van der Waals surface area contributed by atoms with E-state index in [1.165, 1.54) is 5.57 Å². The smallest absolute Gasteiger partial charge is 0.318 e. The predicted octanol–water partition coefficient (Wildman–Crippen LogP) is 1.86. The molecular formula is C18H23N3O3. The maximum absolute atomic E-state index is 12.4. The van der Waals surface area contributed by atoms with Gasteiger partial charge in [0.25, 0.3) is 0 Å². The summed E-state index contributed by atoms with van der Waals surface area (Å²) < 4.78 is 0. The minimum Gasteiger partial charge on any atom is -0.508 e. The van der Waals surface area contributed by atoms with E-state index >= 15 is 0 Å².